The zero-order chi connectivity index (χ0) is 11.1. The SMILES string of the molecule is CC(C)(C=O)C1(c2ccc(Br)cc2)CC1. The van der Waals surface area contributed by atoms with Crippen LogP contribution < -0.4 is 0 Å². The van der Waals surface area contributed by atoms with Crippen LogP contribution in [0.5, 0.6) is 0 Å². The van der Waals surface area contributed by atoms with Crippen LogP contribution >= 0.6 is 15.9 Å². The van der Waals surface area contributed by atoms with E-state index in [4.69, 9.17) is 0 Å². The Bertz CT molecular complexity index is 374. The second kappa shape index (κ2) is 3.44. The average molecular weight is 267 g/mol. The van der Waals surface area contributed by atoms with Crippen molar-refractivity contribution in [1.29, 1.82) is 0 Å². The molecular formula is C13H15BrO. The van der Waals surface area contributed by atoms with E-state index < -0.39 is 0 Å². The van der Waals surface area contributed by atoms with Gasteiger partial charge >= 0.3 is 0 Å². The van der Waals surface area contributed by atoms with Gasteiger partial charge in [-0.2, -0.15) is 0 Å². The summed E-state index contributed by atoms with van der Waals surface area (Å²) in [7, 11) is 0. The number of carbonyl (C=O) groups excluding carboxylic acids is 1. The van der Waals surface area contributed by atoms with Crippen LogP contribution in [-0.2, 0) is 10.2 Å². The monoisotopic (exact) mass is 266 g/mol. The lowest BCUT2D eigenvalue weighted by Gasteiger charge is -2.29. The van der Waals surface area contributed by atoms with Gasteiger partial charge in [0.2, 0.25) is 0 Å². The molecule has 1 aliphatic carbocycles. The van der Waals surface area contributed by atoms with E-state index in [2.05, 4.69) is 40.2 Å². The smallest absolute Gasteiger partial charge is 0.126 e. The van der Waals surface area contributed by atoms with E-state index in [9.17, 15) is 4.79 Å². The molecule has 0 N–H and O–H groups in total. The van der Waals surface area contributed by atoms with Gasteiger partial charge in [-0.15, -0.1) is 0 Å². The Morgan fingerprint density at radius 1 is 1.27 bits per heavy atom. The van der Waals surface area contributed by atoms with Gasteiger partial charge in [0.05, 0.1) is 0 Å². The fourth-order valence-electron chi connectivity index (χ4n) is 2.31. The first-order valence-electron chi connectivity index (χ1n) is 5.24. The van der Waals surface area contributed by atoms with Gasteiger partial charge in [-0.05, 0) is 30.5 Å². The summed E-state index contributed by atoms with van der Waals surface area (Å²) in [6.45, 7) is 4.07. The number of carbonyl (C=O) groups is 1. The van der Waals surface area contributed by atoms with Crippen LogP contribution in [0.2, 0.25) is 0 Å². The molecule has 0 aromatic heterocycles. The molecule has 0 atom stereocenters. The maximum absolute atomic E-state index is 11.1. The average Bonchev–Trinajstić information content (AvgIpc) is 3.00. The largest absolute Gasteiger partial charge is 0.303 e. The molecule has 0 unspecified atom stereocenters. The fourth-order valence-corrected chi connectivity index (χ4v) is 2.58. The van der Waals surface area contributed by atoms with Crippen molar-refractivity contribution in [1.82, 2.24) is 0 Å². The minimum Gasteiger partial charge on any atom is -0.303 e. The van der Waals surface area contributed by atoms with E-state index in [0.717, 1.165) is 23.6 Å². The highest BCUT2D eigenvalue weighted by Crippen LogP contribution is 2.59. The molecule has 1 aromatic carbocycles. The Balaban J connectivity index is 2.39. The minimum atomic E-state index is -0.249. The molecule has 1 aliphatic rings. The van der Waals surface area contributed by atoms with Crippen molar-refractivity contribution in [2.45, 2.75) is 32.1 Å². The Morgan fingerprint density at radius 3 is 2.20 bits per heavy atom. The van der Waals surface area contributed by atoms with Gasteiger partial charge in [0.1, 0.15) is 6.29 Å². The van der Waals surface area contributed by atoms with Crippen LogP contribution in [-0.4, -0.2) is 6.29 Å². The van der Waals surface area contributed by atoms with Gasteiger partial charge in [0.25, 0.3) is 0 Å². The molecule has 0 bridgehead atoms. The quantitative estimate of drug-likeness (QED) is 0.763. The molecule has 1 nitrogen and oxygen atoms in total. The van der Waals surface area contributed by atoms with Crippen LogP contribution in [0, 0.1) is 5.41 Å². The summed E-state index contributed by atoms with van der Waals surface area (Å²) in [4.78, 5) is 11.1. The molecule has 2 heteroatoms. The maximum atomic E-state index is 11.1. The van der Waals surface area contributed by atoms with Gasteiger partial charge in [-0.25, -0.2) is 0 Å². The van der Waals surface area contributed by atoms with Gasteiger partial charge in [-0.1, -0.05) is 41.9 Å². The summed E-state index contributed by atoms with van der Waals surface area (Å²) in [5, 5.41) is 0. The lowest BCUT2D eigenvalue weighted by molar-refractivity contribution is -0.116. The van der Waals surface area contributed by atoms with Crippen LogP contribution in [0.15, 0.2) is 28.7 Å². The van der Waals surface area contributed by atoms with Gasteiger partial charge in [0, 0.05) is 15.3 Å². The van der Waals surface area contributed by atoms with Crippen LogP contribution in [0.3, 0.4) is 0 Å². The standard InChI is InChI=1S/C13H15BrO/c1-12(2,9-15)13(7-8-13)10-3-5-11(14)6-4-10/h3-6,9H,7-8H2,1-2H3. The third-order valence-electron chi connectivity index (χ3n) is 3.67. The van der Waals surface area contributed by atoms with E-state index in [0.29, 0.717) is 0 Å². The highest BCUT2D eigenvalue weighted by molar-refractivity contribution is 9.10. The number of hydrogen-bond acceptors (Lipinski definition) is 1. The Morgan fingerprint density at radius 2 is 1.80 bits per heavy atom. The van der Waals surface area contributed by atoms with Crippen molar-refractivity contribution in [3.63, 3.8) is 0 Å². The molecule has 0 heterocycles. The van der Waals surface area contributed by atoms with Gasteiger partial charge in [-0.3, -0.25) is 0 Å². The zero-order valence-corrected chi connectivity index (χ0v) is 10.7. The first kappa shape index (κ1) is 10.9. The van der Waals surface area contributed by atoms with Gasteiger partial charge < -0.3 is 4.79 Å². The third-order valence-corrected chi connectivity index (χ3v) is 4.20. The molecule has 1 aromatic rings. The summed E-state index contributed by atoms with van der Waals surface area (Å²) in [5.41, 5.74) is 1.14. The fraction of sp³-hybridized carbons (Fsp3) is 0.462. The molecule has 0 radical (unpaired) electrons. The summed E-state index contributed by atoms with van der Waals surface area (Å²) in [5.74, 6) is 0. The molecular weight excluding hydrogens is 252 g/mol. The third kappa shape index (κ3) is 1.65. The number of hydrogen-bond donors (Lipinski definition) is 0. The Labute approximate surface area is 99.0 Å². The highest BCUT2D eigenvalue weighted by atomic mass is 79.9. The van der Waals surface area contributed by atoms with Crippen molar-refractivity contribution in [2.75, 3.05) is 0 Å². The number of aldehydes is 1. The second-order valence-electron chi connectivity index (χ2n) is 4.93. The van der Waals surface area contributed by atoms with Crippen molar-refractivity contribution in [3.05, 3.63) is 34.3 Å². The van der Waals surface area contributed by atoms with E-state index in [1.54, 1.807) is 0 Å². The van der Waals surface area contributed by atoms with E-state index >= 15 is 0 Å². The molecule has 80 valence electrons. The van der Waals surface area contributed by atoms with Crippen molar-refractivity contribution in [2.24, 2.45) is 5.41 Å². The maximum Gasteiger partial charge on any atom is 0.126 e. The molecule has 0 saturated heterocycles. The van der Waals surface area contributed by atoms with Gasteiger partial charge in [0.15, 0.2) is 0 Å². The minimum absolute atomic E-state index is 0.0927. The second-order valence-corrected chi connectivity index (χ2v) is 5.84. The normalized spacial score (nSPS) is 18.6. The Kier molecular flexibility index (Phi) is 2.50. The molecule has 15 heavy (non-hydrogen) atoms. The summed E-state index contributed by atoms with van der Waals surface area (Å²) in [6, 6.07) is 8.36. The zero-order valence-electron chi connectivity index (χ0n) is 9.09. The van der Waals surface area contributed by atoms with E-state index in [1.165, 1.54) is 5.56 Å². The van der Waals surface area contributed by atoms with Crippen molar-refractivity contribution < 1.29 is 4.79 Å². The van der Waals surface area contributed by atoms with Crippen LogP contribution in [0.1, 0.15) is 32.3 Å². The van der Waals surface area contributed by atoms with Crippen LogP contribution in [0.4, 0.5) is 0 Å². The van der Waals surface area contributed by atoms with Crippen molar-refractivity contribution in [3.8, 4) is 0 Å². The topological polar surface area (TPSA) is 17.1 Å². The summed E-state index contributed by atoms with van der Waals surface area (Å²) in [6.07, 6.45) is 3.35. The highest BCUT2D eigenvalue weighted by Gasteiger charge is 2.55. The predicted molar refractivity (Wildman–Crippen MR) is 64.9 cm³/mol. The lowest BCUT2D eigenvalue weighted by Crippen LogP contribution is -2.30. The molecule has 1 fully saturated rings. The number of benzene rings is 1. The molecule has 1 saturated carbocycles. The molecule has 2 rings (SSSR count). The lowest BCUT2D eigenvalue weighted by atomic mass is 9.73. The summed E-state index contributed by atoms with van der Waals surface area (Å²) < 4.78 is 1.09. The molecule has 0 spiro atoms. The predicted octanol–water partition coefficient (Wildman–Crippen LogP) is 3.71. The molecule has 0 amide bonds. The number of rotatable bonds is 3. The van der Waals surface area contributed by atoms with Crippen LogP contribution in [0.25, 0.3) is 0 Å². The van der Waals surface area contributed by atoms with E-state index in [-0.39, 0.29) is 10.8 Å². The Hall–Kier alpha value is -0.630. The van der Waals surface area contributed by atoms with Crippen molar-refractivity contribution >= 4 is 22.2 Å². The first-order valence-corrected chi connectivity index (χ1v) is 6.03. The number of halogens is 1. The summed E-state index contributed by atoms with van der Waals surface area (Å²) >= 11 is 3.43. The van der Waals surface area contributed by atoms with E-state index in [1.807, 2.05) is 13.8 Å². The first-order chi connectivity index (χ1) is 7.02. The molecule has 0 aliphatic heterocycles.